The third-order valence-electron chi connectivity index (χ3n) is 4.88. The Morgan fingerprint density at radius 1 is 1.03 bits per heavy atom. The SMILES string of the molecule is CC(C)(C)OCC[C@H](NC(=O)OCC1c2ccccc2-c2ccccc21)C(=O)O. The van der Waals surface area contributed by atoms with Crippen LogP contribution in [-0.2, 0) is 14.3 Å². The number of hydrogen-bond donors (Lipinski definition) is 2. The van der Waals surface area contributed by atoms with Gasteiger partial charge in [0.25, 0.3) is 0 Å². The molecule has 3 rings (SSSR count). The van der Waals surface area contributed by atoms with Gasteiger partial charge in [-0.05, 0) is 43.0 Å². The Labute approximate surface area is 170 Å². The minimum Gasteiger partial charge on any atom is -0.480 e. The number of carbonyl (C=O) groups excluding carboxylic acids is 1. The van der Waals surface area contributed by atoms with E-state index in [-0.39, 0.29) is 31.2 Å². The van der Waals surface area contributed by atoms with Crippen LogP contribution < -0.4 is 5.32 Å². The molecule has 0 fully saturated rings. The van der Waals surface area contributed by atoms with Gasteiger partial charge < -0.3 is 19.9 Å². The molecule has 29 heavy (non-hydrogen) atoms. The van der Waals surface area contributed by atoms with Gasteiger partial charge in [-0.3, -0.25) is 0 Å². The van der Waals surface area contributed by atoms with Gasteiger partial charge in [-0.2, -0.15) is 0 Å². The Morgan fingerprint density at radius 2 is 1.59 bits per heavy atom. The Kier molecular flexibility index (Phi) is 6.23. The lowest BCUT2D eigenvalue weighted by molar-refractivity contribution is -0.140. The predicted molar refractivity (Wildman–Crippen MR) is 110 cm³/mol. The molecule has 1 amide bonds. The van der Waals surface area contributed by atoms with Gasteiger partial charge >= 0.3 is 12.1 Å². The van der Waals surface area contributed by atoms with Gasteiger partial charge in [-0.15, -0.1) is 0 Å². The normalized spacial score (nSPS) is 14.0. The van der Waals surface area contributed by atoms with E-state index >= 15 is 0 Å². The lowest BCUT2D eigenvalue weighted by atomic mass is 9.98. The Bertz CT molecular complexity index is 841. The summed E-state index contributed by atoms with van der Waals surface area (Å²) < 4.78 is 11.0. The maximum atomic E-state index is 12.3. The zero-order chi connectivity index (χ0) is 21.0. The smallest absolute Gasteiger partial charge is 0.407 e. The second-order valence-electron chi connectivity index (χ2n) is 8.11. The number of rotatable bonds is 7. The fraction of sp³-hybridized carbons (Fsp3) is 0.391. The van der Waals surface area contributed by atoms with Crippen molar-refractivity contribution in [3.63, 3.8) is 0 Å². The van der Waals surface area contributed by atoms with Crippen LogP contribution in [0.3, 0.4) is 0 Å². The maximum absolute atomic E-state index is 12.3. The van der Waals surface area contributed by atoms with Gasteiger partial charge in [-0.25, -0.2) is 9.59 Å². The third-order valence-corrected chi connectivity index (χ3v) is 4.88. The van der Waals surface area contributed by atoms with Gasteiger partial charge in [0.1, 0.15) is 12.6 Å². The summed E-state index contributed by atoms with van der Waals surface area (Å²) in [4.78, 5) is 23.7. The number of hydrogen-bond acceptors (Lipinski definition) is 4. The Balaban J connectivity index is 1.61. The molecular formula is C23H27NO5. The first-order valence-corrected chi connectivity index (χ1v) is 9.74. The van der Waals surface area contributed by atoms with E-state index < -0.39 is 18.1 Å². The first-order chi connectivity index (χ1) is 13.8. The molecule has 1 atom stereocenters. The van der Waals surface area contributed by atoms with Crippen LogP contribution in [-0.4, -0.2) is 42.0 Å². The first-order valence-electron chi connectivity index (χ1n) is 9.74. The number of aliphatic carboxylic acids is 1. The van der Waals surface area contributed by atoms with Gasteiger partial charge in [0.15, 0.2) is 0 Å². The molecule has 2 N–H and O–H groups in total. The summed E-state index contributed by atoms with van der Waals surface area (Å²) in [5.41, 5.74) is 4.12. The van der Waals surface area contributed by atoms with Gasteiger partial charge in [-0.1, -0.05) is 48.5 Å². The van der Waals surface area contributed by atoms with Gasteiger partial charge in [0, 0.05) is 18.9 Å². The number of carboxylic acid groups (broad SMARTS) is 1. The average molecular weight is 397 g/mol. The number of carbonyl (C=O) groups is 2. The van der Waals surface area contributed by atoms with E-state index in [0.717, 1.165) is 22.3 Å². The third kappa shape index (κ3) is 5.15. The summed E-state index contributed by atoms with van der Waals surface area (Å²) in [7, 11) is 0. The van der Waals surface area contributed by atoms with Crippen molar-refractivity contribution in [2.45, 2.75) is 44.8 Å². The van der Waals surface area contributed by atoms with Crippen LogP contribution in [0.5, 0.6) is 0 Å². The van der Waals surface area contributed by atoms with Crippen LogP contribution in [0, 0.1) is 0 Å². The fourth-order valence-electron chi connectivity index (χ4n) is 3.52. The number of fused-ring (bicyclic) bond motifs is 3. The first kappa shape index (κ1) is 20.9. The molecule has 1 aliphatic carbocycles. The van der Waals surface area contributed by atoms with E-state index in [9.17, 15) is 14.7 Å². The van der Waals surface area contributed by atoms with Crippen molar-refractivity contribution in [2.75, 3.05) is 13.2 Å². The number of benzene rings is 2. The van der Waals surface area contributed by atoms with E-state index in [1.807, 2.05) is 57.2 Å². The highest BCUT2D eigenvalue weighted by molar-refractivity contribution is 5.81. The minimum atomic E-state index is -1.11. The van der Waals surface area contributed by atoms with E-state index in [0.29, 0.717) is 0 Å². The fourth-order valence-corrected chi connectivity index (χ4v) is 3.52. The van der Waals surface area contributed by atoms with Gasteiger partial charge in [0.05, 0.1) is 5.60 Å². The van der Waals surface area contributed by atoms with Crippen molar-refractivity contribution in [1.29, 1.82) is 0 Å². The molecule has 0 bridgehead atoms. The van der Waals surface area contributed by atoms with Crippen molar-refractivity contribution < 1.29 is 24.2 Å². The zero-order valence-electron chi connectivity index (χ0n) is 17.0. The Hall–Kier alpha value is -2.86. The number of ether oxygens (including phenoxy) is 2. The topological polar surface area (TPSA) is 84.9 Å². The second-order valence-corrected chi connectivity index (χ2v) is 8.11. The van der Waals surface area contributed by atoms with E-state index in [4.69, 9.17) is 9.47 Å². The summed E-state index contributed by atoms with van der Waals surface area (Å²) in [6, 6.07) is 15.0. The molecule has 6 nitrogen and oxygen atoms in total. The van der Waals surface area contributed by atoms with Gasteiger partial charge in [0.2, 0.25) is 0 Å². The number of amides is 1. The van der Waals surface area contributed by atoms with Crippen LogP contribution in [0.4, 0.5) is 4.79 Å². The van der Waals surface area contributed by atoms with E-state index in [2.05, 4.69) is 17.4 Å². The molecule has 0 spiro atoms. The standard InChI is InChI=1S/C23H27NO5/c1-23(2,3)29-13-12-20(21(25)26)24-22(27)28-14-19-17-10-6-4-8-15(17)16-9-5-7-11-18(16)19/h4-11,19-20H,12-14H2,1-3H3,(H,24,27)(H,25,26)/t20-/m0/s1. The van der Waals surface area contributed by atoms with E-state index in [1.54, 1.807) is 0 Å². The lowest BCUT2D eigenvalue weighted by Crippen LogP contribution is -2.42. The quantitative estimate of drug-likeness (QED) is 0.732. The molecule has 154 valence electrons. The number of carboxylic acids is 1. The zero-order valence-corrected chi connectivity index (χ0v) is 17.0. The van der Waals surface area contributed by atoms with Crippen molar-refractivity contribution in [1.82, 2.24) is 5.32 Å². The predicted octanol–water partition coefficient (Wildman–Crippen LogP) is 4.18. The summed E-state index contributed by atoms with van der Waals surface area (Å²) in [5.74, 6) is -1.18. The molecule has 0 saturated carbocycles. The number of nitrogens with one attached hydrogen (secondary N) is 1. The Morgan fingerprint density at radius 3 is 2.10 bits per heavy atom. The molecule has 0 aliphatic heterocycles. The van der Waals surface area contributed by atoms with E-state index in [1.165, 1.54) is 0 Å². The minimum absolute atomic E-state index is 0.0688. The number of alkyl carbamates (subject to hydrolysis) is 1. The highest BCUT2D eigenvalue weighted by atomic mass is 16.5. The van der Waals surface area contributed by atoms with Crippen molar-refractivity contribution in [2.24, 2.45) is 0 Å². The van der Waals surface area contributed by atoms with Crippen LogP contribution in [0.25, 0.3) is 11.1 Å². The van der Waals surface area contributed by atoms with Crippen LogP contribution >= 0.6 is 0 Å². The average Bonchev–Trinajstić information content (AvgIpc) is 2.98. The molecule has 0 radical (unpaired) electrons. The van der Waals surface area contributed by atoms with Crippen LogP contribution in [0.1, 0.15) is 44.2 Å². The lowest BCUT2D eigenvalue weighted by Gasteiger charge is -2.21. The highest BCUT2D eigenvalue weighted by Gasteiger charge is 2.29. The van der Waals surface area contributed by atoms with Crippen molar-refractivity contribution in [3.8, 4) is 11.1 Å². The highest BCUT2D eigenvalue weighted by Crippen LogP contribution is 2.44. The molecule has 2 aromatic rings. The molecule has 2 aromatic carbocycles. The van der Waals surface area contributed by atoms with Crippen LogP contribution in [0.15, 0.2) is 48.5 Å². The largest absolute Gasteiger partial charge is 0.480 e. The molecule has 0 unspecified atom stereocenters. The molecule has 1 aliphatic rings. The summed E-state index contributed by atoms with van der Waals surface area (Å²) in [5, 5.41) is 11.8. The molecule has 0 saturated heterocycles. The summed E-state index contributed by atoms with van der Waals surface area (Å²) in [6.45, 7) is 6.04. The maximum Gasteiger partial charge on any atom is 0.407 e. The second kappa shape index (κ2) is 8.66. The molecule has 0 heterocycles. The molecule has 6 heteroatoms. The molecule has 0 aromatic heterocycles. The summed E-state index contributed by atoms with van der Waals surface area (Å²) in [6.07, 6.45) is -0.577. The molecular weight excluding hydrogens is 370 g/mol. The van der Waals surface area contributed by atoms with Crippen molar-refractivity contribution >= 4 is 12.1 Å². The monoisotopic (exact) mass is 397 g/mol. The van der Waals surface area contributed by atoms with Crippen molar-refractivity contribution in [3.05, 3.63) is 59.7 Å². The summed E-state index contributed by atoms with van der Waals surface area (Å²) >= 11 is 0. The van der Waals surface area contributed by atoms with Crippen LogP contribution in [0.2, 0.25) is 0 Å².